The quantitative estimate of drug-likeness (QED) is 0.360. The van der Waals surface area contributed by atoms with Crippen LogP contribution in [0.15, 0.2) is 23.4 Å². The molecule has 0 heterocycles. The number of benzene rings is 1. The van der Waals surface area contributed by atoms with Crippen molar-refractivity contribution in [3.05, 3.63) is 35.1 Å². The normalized spacial score (nSPS) is 12.4. The molecule has 0 saturated carbocycles. The number of hydrogen-bond donors (Lipinski definition) is 2. The van der Waals surface area contributed by atoms with Gasteiger partial charge in [-0.05, 0) is 32.9 Å². The number of nitrogens with two attached hydrogens (primary N) is 1. The molecule has 19 heavy (non-hydrogen) atoms. The lowest BCUT2D eigenvalue weighted by Gasteiger charge is -2.26. The molecule has 1 aromatic rings. The van der Waals surface area contributed by atoms with E-state index in [4.69, 9.17) is 10.9 Å². The molecule has 4 nitrogen and oxygen atoms in total. The zero-order valence-corrected chi connectivity index (χ0v) is 11.7. The Bertz CT molecular complexity index is 446. The summed E-state index contributed by atoms with van der Waals surface area (Å²) in [6.07, 6.45) is 1.03. The Morgan fingerprint density at radius 3 is 2.63 bits per heavy atom. The predicted molar refractivity (Wildman–Crippen MR) is 74.7 cm³/mol. The maximum Gasteiger partial charge on any atom is 0.170 e. The van der Waals surface area contributed by atoms with Crippen molar-refractivity contribution < 1.29 is 9.60 Å². The van der Waals surface area contributed by atoms with E-state index < -0.39 is 0 Å². The van der Waals surface area contributed by atoms with Gasteiger partial charge < -0.3 is 10.9 Å². The van der Waals surface area contributed by atoms with E-state index in [1.807, 2.05) is 0 Å². The largest absolute Gasteiger partial charge is 0.409 e. The topological polar surface area (TPSA) is 61.8 Å². The highest BCUT2D eigenvalue weighted by Crippen LogP contribution is 2.15. The van der Waals surface area contributed by atoms with E-state index in [-0.39, 0.29) is 11.7 Å². The number of nitrogens with zero attached hydrogens (tertiary/aromatic N) is 2. The molecule has 0 radical (unpaired) electrons. The molecule has 106 valence electrons. The average molecular weight is 267 g/mol. The summed E-state index contributed by atoms with van der Waals surface area (Å²) in [5.41, 5.74) is 6.44. The summed E-state index contributed by atoms with van der Waals surface area (Å²) >= 11 is 0. The molecule has 0 unspecified atom stereocenters. The first kappa shape index (κ1) is 15.4. The van der Waals surface area contributed by atoms with Crippen LogP contribution in [0.25, 0.3) is 0 Å². The lowest BCUT2D eigenvalue weighted by atomic mass is 10.1. The van der Waals surface area contributed by atoms with Crippen LogP contribution < -0.4 is 5.73 Å². The van der Waals surface area contributed by atoms with E-state index in [1.165, 1.54) is 6.07 Å². The van der Waals surface area contributed by atoms with Gasteiger partial charge in [0.05, 0.1) is 0 Å². The zero-order chi connectivity index (χ0) is 14.4. The number of hydrogen-bond acceptors (Lipinski definition) is 3. The molecular formula is C14H22FN3O. The van der Waals surface area contributed by atoms with Crippen LogP contribution in [0.4, 0.5) is 4.39 Å². The molecule has 1 aromatic carbocycles. The van der Waals surface area contributed by atoms with Crippen molar-refractivity contribution in [3.8, 4) is 0 Å². The van der Waals surface area contributed by atoms with Gasteiger partial charge in [0.2, 0.25) is 0 Å². The molecule has 0 spiro atoms. The van der Waals surface area contributed by atoms with Crippen LogP contribution >= 0.6 is 0 Å². The van der Waals surface area contributed by atoms with Crippen molar-refractivity contribution in [2.24, 2.45) is 10.9 Å². The van der Waals surface area contributed by atoms with E-state index in [1.54, 1.807) is 12.1 Å². The van der Waals surface area contributed by atoms with Crippen LogP contribution in [0, 0.1) is 5.82 Å². The van der Waals surface area contributed by atoms with E-state index in [2.05, 4.69) is 30.8 Å². The maximum atomic E-state index is 14.0. The minimum Gasteiger partial charge on any atom is -0.409 e. The summed E-state index contributed by atoms with van der Waals surface area (Å²) in [5, 5.41) is 11.4. The van der Waals surface area contributed by atoms with Gasteiger partial charge in [0, 0.05) is 23.7 Å². The smallest absolute Gasteiger partial charge is 0.170 e. The van der Waals surface area contributed by atoms with Crippen molar-refractivity contribution in [1.82, 2.24) is 4.90 Å². The number of rotatable bonds is 6. The molecule has 0 aromatic heterocycles. The lowest BCUT2D eigenvalue weighted by Crippen LogP contribution is -2.31. The van der Waals surface area contributed by atoms with Gasteiger partial charge in [0.1, 0.15) is 5.82 Å². The van der Waals surface area contributed by atoms with Crippen LogP contribution in [0.1, 0.15) is 38.3 Å². The predicted octanol–water partition coefficient (Wildman–Crippen LogP) is 2.54. The molecule has 0 bridgehead atoms. The Morgan fingerprint density at radius 1 is 1.47 bits per heavy atom. The highest BCUT2D eigenvalue weighted by Gasteiger charge is 2.13. The highest BCUT2D eigenvalue weighted by molar-refractivity contribution is 5.97. The minimum atomic E-state index is -0.328. The third kappa shape index (κ3) is 4.21. The van der Waals surface area contributed by atoms with Crippen molar-refractivity contribution in [1.29, 1.82) is 0 Å². The summed E-state index contributed by atoms with van der Waals surface area (Å²) in [5.74, 6) is -0.412. The summed E-state index contributed by atoms with van der Waals surface area (Å²) in [6.45, 7) is 7.79. The summed E-state index contributed by atoms with van der Waals surface area (Å²) in [6, 6.07) is 5.02. The molecule has 1 rings (SSSR count). The SMILES string of the molecule is CCCN(Cc1ccc(/C(N)=N/O)cc1F)C(C)C. The zero-order valence-electron chi connectivity index (χ0n) is 11.7. The average Bonchev–Trinajstić information content (AvgIpc) is 2.39. The molecule has 0 saturated heterocycles. The maximum absolute atomic E-state index is 14.0. The Hall–Kier alpha value is -1.62. The van der Waals surface area contributed by atoms with Crippen LogP contribution in [0.3, 0.4) is 0 Å². The van der Waals surface area contributed by atoms with Crippen molar-refractivity contribution in [2.45, 2.75) is 39.8 Å². The second kappa shape index (κ2) is 7.09. The summed E-state index contributed by atoms with van der Waals surface area (Å²) < 4.78 is 14.0. The van der Waals surface area contributed by atoms with Crippen LogP contribution in [0.2, 0.25) is 0 Å². The van der Waals surface area contributed by atoms with Gasteiger partial charge in [0.15, 0.2) is 5.84 Å². The first-order valence-electron chi connectivity index (χ1n) is 6.50. The highest BCUT2D eigenvalue weighted by atomic mass is 19.1. The van der Waals surface area contributed by atoms with E-state index in [9.17, 15) is 4.39 Å². The second-order valence-electron chi connectivity index (χ2n) is 4.86. The van der Waals surface area contributed by atoms with Crippen molar-refractivity contribution in [2.75, 3.05) is 6.54 Å². The monoisotopic (exact) mass is 267 g/mol. The van der Waals surface area contributed by atoms with E-state index in [0.717, 1.165) is 13.0 Å². The standard InChI is InChI=1S/C14H22FN3O/c1-4-7-18(10(2)3)9-12-6-5-11(8-13(12)15)14(16)17-19/h5-6,8,10,19H,4,7,9H2,1-3H3,(H2,16,17). The first-order valence-corrected chi connectivity index (χ1v) is 6.50. The van der Waals surface area contributed by atoms with Crippen molar-refractivity contribution >= 4 is 5.84 Å². The number of halogens is 1. The Balaban J connectivity index is 2.90. The molecular weight excluding hydrogens is 245 g/mol. The van der Waals surface area contributed by atoms with Gasteiger partial charge in [0.25, 0.3) is 0 Å². The third-order valence-corrected chi connectivity index (χ3v) is 3.07. The van der Waals surface area contributed by atoms with Gasteiger partial charge in [-0.1, -0.05) is 24.2 Å². The van der Waals surface area contributed by atoms with Gasteiger partial charge in [-0.2, -0.15) is 0 Å². The van der Waals surface area contributed by atoms with Crippen LogP contribution in [-0.4, -0.2) is 28.5 Å². The Morgan fingerprint density at radius 2 is 2.16 bits per heavy atom. The summed E-state index contributed by atoms with van der Waals surface area (Å²) in [4.78, 5) is 2.21. The lowest BCUT2D eigenvalue weighted by molar-refractivity contribution is 0.210. The molecule has 0 aliphatic heterocycles. The molecule has 0 atom stereocenters. The van der Waals surface area contributed by atoms with Crippen molar-refractivity contribution in [3.63, 3.8) is 0 Å². The van der Waals surface area contributed by atoms with E-state index in [0.29, 0.717) is 23.7 Å². The minimum absolute atomic E-state index is 0.0836. The Labute approximate surface area is 113 Å². The number of amidine groups is 1. The second-order valence-corrected chi connectivity index (χ2v) is 4.86. The van der Waals surface area contributed by atoms with Gasteiger partial charge >= 0.3 is 0 Å². The fourth-order valence-corrected chi connectivity index (χ4v) is 1.92. The Kier molecular flexibility index (Phi) is 5.76. The molecule has 3 N–H and O–H groups in total. The van der Waals surface area contributed by atoms with Gasteiger partial charge in [-0.15, -0.1) is 0 Å². The summed E-state index contributed by atoms with van der Waals surface area (Å²) in [7, 11) is 0. The van der Waals surface area contributed by atoms with Gasteiger partial charge in [-0.3, -0.25) is 4.90 Å². The fourth-order valence-electron chi connectivity index (χ4n) is 1.92. The van der Waals surface area contributed by atoms with Crippen LogP contribution in [0.5, 0.6) is 0 Å². The number of oxime groups is 1. The molecule has 0 aliphatic carbocycles. The molecule has 0 amide bonds. The molecule has 0 fully saturated rings. The first-order chi connectivity index (χ1) is 8.99. The fraction of sp³-hybridized carbons (Fsp3) is 0.500. The van der Waals surface area contributed by atoms with Crippen LogP contribution in [-0.2, 0) is 6.54 Å². The third-order valence-electron chi connectivity index (χ3n) is 3.07. The van der Waals surface area contributed by atoms with Gasteiger partial charge in [-0.25, -0.2) is 4.39 Å². The molecule has 0 aliphatic rings. The molecule has 5 heteroatoms. The van der Waals surface area contributed by atoms with E-state index >= 15 is 0 Å².